The lowest BCUT2D eigenvalue weighted by molar-refractivity contribution is -0.147. The Hall–Kier alpha value is -1.12. The topological polar surface area (TPSA) is 143 Å². The molecule has 10 heteroatoms. The van der Waals surface area contributed by atoms with E-state index in [1.165, 1.54) is 0 Å². The van der Waals surface area contributed by atoms with Gasteiger partial charge in [-0.15, -0.1) is 0 Å². The smallest absolute Gasteiger partial charge is 0.505 e. The molecule has 1 aliphatic rings. The highest BCUT2D eigenvalue weighted by Gasteiger charge is 2.44. The fourth-order valence-electron chi connectivity index (χ4n) is 4.54. The monoisotopic (exact) mass is 508 g/mol. The Morgan fingerprint density at radius 1 is 1.06 bits per heavy atom. The molecule has 0 spiro atoms. The van der Waals surface area contributed by atoms with Crippen molar-refractivity contribution in [2.45, 2.75) is 93.3 Å². The van der Waals surface area contributed by atoms with Gasteiger partial charge in [0.2, 0.25) is 0 Å². The third-order valence-corrected chi connectivity index (χ3v) is 6.74. The molecule has 200 valence electrons. The zero-order valence-electron chi connectivity index (χ0n) is 21.9. The largest absolute Gasteiger partial charge is 0.527 e. The number of phosphoric acid groups is 1. The highest BCUT2D eigenvalue weighted by atomic mass is 31.2. The third-order valence-electron chi connectivity index (χ3n) is 5.85. The molecule has 4 unspecified atom stereocenters. The van der Waals surface area contributed by atoms with Crippen molar-refractivity contribution in [1.29, 1.82) is 0 Å². The number of aliphatic hydroxyl groups is 3. The molecular formula is C24H45O9P. The molecular weight excluding hydrogens is 463 g/mol. The maximum atomic E-state index is 12.6. The van der Waals surface area contributed by atoms with Crippen LogP contribution in [0.2, 0.25) is 0 Å². The predicted octanol–water partition coefficient (Wildman–Crippen LogP) is 4.71. The van der Waals surface area contributed by atoms with Crippen LogP contribution < -0.4 is 0 Å². The van der Waals surface area contributed by atoms with Gasteiger partial charge in [-0.25, -0.2) is 9.36 Å². The minimum atomic E-state index is -4.77. The Balaban J connectivity index is 2.89. The number of hydrogen-bond donors (Lipinski definition) is 4. The van der Waals surface area contributed by atoms with Crippen LogP contribution in [0.5, 0.6) is 0 Å². The van der Waals surface area contributed by atoms with E-state index in [-0.39, 0.29) is 29.3 Å². The lowest BCUT2D eigenvalue weighted by Crippen LogP contribution is -2.31. The lowest BCUT2D eigenvalue weighted by atomic mass is 9.76. The Morgan fingerprint density at radius 3 is 2.12 bits per heavy atom. The molecule has 1 aliphatic heterocycles. The summed E-state index contributed by atoms with van der Waals surface area (Å²) in [6.07, 6.45) is 0.527. The first-order valence-electron chi connectivity index (χ1n) is 11.9. The number of aliphatic hydroxyl groups excluding tert-OH is 3. The maximum Gasteiger partial charge on any atom is 0.527 e. The van der Waals surface area contributed by atoms with E-state index in [1.54, 1.807) is 0 Å². The fourth-order valence-corrected chi connectivity index (χ4v) is 5.37. The van der Waals surface area contributed by atoms with E-state index >= 15 is 0 Å². The number of carbonyl (C=O) groups is 1. The summed E-state index contributed by atoms with van der Waals surface area (Å²) in [5, 5.41) is 28.7. The van der Waals surface area contributed by atoms with E-state index in [9.17, 15) is 24.5 Å². The lowest BCUT2D eigenvalue weighted by Gasteiger charge is -2.31. The molecule has 0 aromatic carbocycles. The number of hydrogen-bond acceptors (Lipinski definition) is 8. The van der Waals surface area contributed by atoms with E-state index < -0.39 is 44.1 Å². The molecule has 0 bridgehead atoms. The van der Waals surface area contributed by atoms with E-state index in [4.69, 9.17) is 18.9 Å². The van der Waals surface area contributed by atoms with E-state index in [0.717, 1.165) is 25.7 Å². The van der Waals surface area contributed by atoms with Crippen LogP contribution in [0.3, 0.4) is 0 Å². The van der Waals surface area contributed by atoms with Gasteiger partial charge >= 0.3 is 13.8 Å². The highest BCUT2D eigenvalue weighted by Crippen LogP contribution is 2.49. The molecule has 6 atom stereocenters. The van der Waals surface area contributed by atoms with Crippen LogP contribution in [0.15, 0.2) is 11.5 Å². The minimum Gasteiger partial charge on any atom is -0.505 e. The normalized spacial score (nSPS) is 22.7. The number of carbonyl (C=O) groups excluding carboxylic acids is 1. The van der Waals surface area contributed by atoms with E-state index in [1.807, 2.05) is 0 Å². The van der Waals surface area contributed by atoms with Crippen molar-refractivity contribution in [3.8, 4) is 0 Å². The van der Waals surface area contributed by atoms with Crippen LogP contribution in [-0.4, -0.2) is 51.6 Å². The maximum absolute atomic E-state index is 12.6. The summed E-state index contributed by atoms with van der Waals surface area (Å²) in [6.45, 7) is 16.5. The van der Waals surface area contributed by atoms with Gasteiger partial charge in [0.15, 0.2) is 11.9 Å². The van der Waals surface area contributed by atoms with Gasteiger partial charge < -0.3 is 24.6 Å². The summed E-state index contributed by atoms with van der Waals surface area (Å²) >= 11 is 0. The zero-order valence-corrected chi connectivity index (χ0v) is 22.8. The first kappa shape index (κ1) is 30.9. The van der Waals surface area contributed by atoms with Gasteiger partial charge in [0.25, 0.3) is 5.76 Å². The molecule has 1 rings (SSSR count). The van der Waals surface area contributed by atoms with Crippen LogP contribution in [0, 0.1) is 28.6 Å². The molecule has 0 aromatic heterocycles. The molecule has 0 aromatic rings. The summed E-state index contributed by atoms with van der Waals surface area (Å²) in [4.78, 5) is 22.2. The third kappa shape index (κ3) is 10.6. The van der Waals surface area contributed by atoms with E-state index in [2.05, 4.69) is 55.4 Å². The van der Waals surface area contributed by atoms with Gasteiger partial charge in [0.05, 0.1) is 13.2 Å². The van der Waals surface area contributed by atoms with Crippen LogP contribution in [-0.2, 0) is 23.1 Å². The van der Waals surface area contributed by atoms with Crippen molar-refractivity contribution in [2.75, 3.05) is 13.2 Å². The summed E-state index contributed by atoms with van der Waals surface area (Å²) in [6, 6.07) is 0. The van der Waals surface area contributed by atoms with Crippen molar-refractivity contribution in [3.63, 3.8) is 0 Å². The number of phosphoric ester groups is 1. The molecule has 34 heavy (non-hydrogen) atoms. The first-order valence-corrected chi connectivity index (χ1v) is 13.4. The number of cyclic esters (lactones) is 1. The van der Waals surface area contributed by atoms with Crippen molar-refractivity contribution >= 4 is 13.8 Å². The molecule has 0 saturated heterocycles. The Labute approximate surface area is 204 Å². The molecule has 1 heterocycles. The van der Waals surface area contributed by atoms with Crippen LogP contribution in [0.1, 0.15) is 81.1 Å². The molecule has 0 amide bonds. The first-order chi connectivity index (χ1) is 15.3. The second-order valence-corrected chi connectivity index (χ2v) is 13.5. The van der Waals surface area contributed by atoms with Crippen LogP contribution in [0.25, 0.3) is 0 Å². The Morgan fingerprint density at radius 2 is 1.62 bits per heavy atom. The second kappa shape index (κ2) is 12.2. The number of esters is 1. The zero-order chi connectivity index (χ0) is 26.5. The van der Waals surface area contributed by atoms with Crippen molar-refractivity contribution in [3.05, 3.63) is 11.5 Å². The highest BCUT2D eigenvalue weighted by molar-refractivity contribution is 7.47. The van der Waals surface area contributed by atoms with Gasteiger partial charge in [-0.05, 0) is 47.8 Å². The Bertz CT molecular complexity index is 751. The van der Waals surface area contributed by atoms with Crippen molar-refractivity contribution < 1.29 is 43.4 Å². The molecule has 0 radical (unpaired) electrons. The predicted molar refractivity (Wildman–Crippen MR) is 129 cm³/mol. The average molecular weight is 509 g/mol. The molecule has 0 saturated carbocycles. The summed E-state index contributed by atoms with van der Waals surface area (Å²) in [5.41, 5.74) is 0.283. The van der Waals surface area contributed by atoms with Crippen molar-refractivity contribution in [2.24, 2.45) is 28.6 Å². The van der Waals surface area contributed by atoms with E-state index in [0.29, 0.717) is 5.92 Å². The Kier molecular flexibility index (Phi) is 11.1. The number of ether oxygens (including phenoxy) is 1. The molecule has 0 fully saturated rings. The number of rotatable bonds is 13. The van der Waals surface area contributed by atoms with Gasteiger partial charge in [-0.1, -0.05) is 61.8 Å². The quantitative estimate of drug-likeness (QED) is 0.205. The molecule has 0 aliphatic carbocycles. The summed E-state index contributed by atoms with van der Waals surface area (Å²) in [5.74, 6) is -2.32. The van der Waals surface area contributed by atoms with Crippen LogP contribution >= 0.6 is 7.82 Å². The summed E-state index contributed by atoms with van der Waals surface area (Å²) < 4.78 is 27.4. The second-order valence-electron chi connectivity index (χ2n) is 12.1. The van der Waals surface area contributed by atoms with Gasteiger partial charge in [-0.3, -0.25) is 9.42 Å². The minimum absolute atomic E-state index is 0.0206. The van der Waals surface area contributed by atoms with Crippen molar-refractivity contribution in [1.82, 2.24) is 0 Å². The average Bonchev–Trinajstić information content (AvgIpc) is 2.92. The van der Waals surface area contributed by atoms with Gasteiger partial charge in [-0.2, -0.15) is 0 Å². The SMILES string of the molecule is CC(CCC(COP(=O)(O)OC1=C(O)[C@@H]([C@@H](O)CO)OC1=O)C(C)CC(C)(C)C)CC(C)(C)C. The summed E-state index contributed by atoms with van der Waals surface area (Å²) in [7, 11) is -4.77. The molecule has 4 N–H and O–H groups in total. The van der Waals surface area contributed by atoms with Gasteiger partial charge in [0.1, 0.15) is 6.10 Å². The van der Waals surface area contributed by atoms with Gasteiger partial charge in [0, 0.05) is 0 Å². The molecule has 9 nitrogen and oxygen atoms in total. The standard InChI is InChI=1S/C24H45O9P/c1-15(11-23(3,4)5)9-10-17(16(2)12-24(6,7)8)14-31-34(29,30)33-21-19(27)20(18(26)13-25)32-22(21)28/h15-18,20,25-27H,9-14H2,1-8H3,(H,29,30)/t15?,16?,17?,18-,20+/m0/s1. The fraction of sp³-hybridized carbons (Fsp3) is 0.875. The van der Waals surface area contributed by atoms with Crippen LogP contribution in [0.4, 0.5) is 0 Å².